The van der Waals surface area contributed by atoms with E-state index in [0.717, 1.165) is 18.2 Å². The van der Waals surface area contributed by atoms with Crippen LogP contribution in [0, 0.1) is 15.9 Å². The van der Waals surface area contributed by atoms with Crippen LogP contribution in [0.4, 0.5) is 15.8 Å². The van der Waals surface area contributed by atoms with Gasteiger partial charge in [0, 0.05) is 19.8 Å². The zero-order chi connectivity index (χ0) is 15.1. The second kappa shape index (κ2) is 7.39. The molecule has 0 aromatic heterocycles. The van der Waals surface area contributed by atoms with Crippen LogP contribution in [0.2, 0.25) is 0 Å². The van der Waals surface area contributed by atoms with Gasteiger partial charge in [-0.3, -0.25) is 10.1 Å². The van der Waals surface area contributed by atoms with E-state index in [1.54, 1.807) is 0 Å². The van der Waals surface area contributed by atoms with Gasteiger partial charge in [0.05, 0.1) is 16.7 Å². The highest BCUT2D eigenvalue weighted by Crippen LogP contribution is 2.21. The molecule has 1 unspecified atom stereocenters. The van der Waals surface area contributed by atoms with Crippen LogP contribution >= 0.6 is 0 Å². The molecule has 1 aromatic carbocycles. The lowest BCUT2D eigenvalue weighted by molar-refractivity contribution is -0.385. The molecule has 2 N–H and O–H groups in total. The Morgan fingerprint density at radius 1 is 1.60 bits per heavy atom. The molecule has 7 nitrogen and oxygen atoms in total. The Morgan fingerprint density at radius 3 is 2.80 bits per heavy atom. The molecule has 0 heterocycles. The zero-order valence-corrected chi connectivity index (χ0v) is 10.8. The van der Waals surface area contributed by atoms with E-state index >= 15 is 0 Å². The second-order valence-electron chi connectivity index (χ2n) is 4.09. The summed E-state index contributed by atoms with van der Waals surface area (Å²) in [5, 5.41) is 22.0. The maximum atomic E-state index is 13.6. The number of rotatable bonds is 8. The predicted molar refractivity (Wildman–Crippen MR) is 69.2 cm³/mol. The van der Waals surface area contributed by atoms with Crippen LogP contribution in [0.25, 0.3) is 0 Å². The van der Waals surface area contributed by atoms with Crippen molar-refractivity contribution >= 4 is 17.3 Å². The number of nitro benzene ring substituents is 1. The van der Waals surface area contributed by atoms with Crippen molar-refractivity contribution in [3.63, 3.8) is 0 Å². The summed E-state index contributed by atoms with van der Waals surface area (Å²) in [7, 11) is 1.50. The van der Waals surface area contributed by atoms with E-state index in [2.05, 4.69) is 5.32 Å². The van der Waals surface area contributed by atoms with Gasteiger partial charge < -0.3 is 15.2 Å². The minimum Gasteiger partial charge on any atom is -0.480 e. The number of carboxylic acid groups (broad SMARTS) is 1. The fourth-order valence-corrected chi connectivity index (χ4v) is 1.61. The summed E-state index contributed by atoms with van der Waals surface area (Å²) in [6.07, 6.45) is 0.745. The highest BCUT2D eigenvalue weighted by molar-refractivity contribution is 5.77. The number of aliphatic carboxylic acids is 1. The first-order valence-corrected chi connectivity index (χ1v) is 5.88. The van der Waals surface area contributed by atoms with Crippen molar-refractivity contribution in [2.75, 3.05) is 19.0 Å². The fourth-order valence-electron chi connectivity index (χ4n) is 1.61. The largest absolute Gasteiger partial charge is 0.480 e. The van der Waals surface area contributed by atoms with Gasteiger partial charge in [-0.05, 0) is 18.9 Å². The SMILES string of the molecule is COCCCC(Nc1ccc([N+](=O)[O-])cc1F)C(=O)O. The molecule has 0 amide bonds. The number of halogens is 1. The topological polar surface area (TPSA) is 102 Å². The van der Waals surface area contributed by atoms with E-state index in [1.165, 1.54) is 7.11 Å². The molecule has 0 saturated heterocycles. The predicted octanol–water partition coefficient (Wildman–Crippen LogP) is 2.03. The Morgan fingerprint density at radius 2 is 2.30 bits per heavy atom. The van der Waals surface area contributed by atoms with E-state index in [-0.39, 0.29) is 17.8 Å². The number of hydrogen-bond donors (Lipinski definition) is 2. The Balaban J connectivity index is 2.78. The van der Waals surface area contributed by atoms with Crippen molar-refractivity contribution in [2.45, 2.75) is 18.9 Å². The number of nitro groups is 1. The Labute approximate surface area is 114 Å². The average molecular weight is 286 g/mol. The second-order valence-corrected chi connectivity index (χ2v) is 4.09. The molecule has 0 aliphatic rings. The van der Waals surface area contributed by atoms with E-state index < -0.39 is 22.8 Å². The smallest absolute Gasteiger partial charge is 0.326 e. The third-order valence-corrected chi connectivity index (χ3v) is 2.63. The summed E-state index contributed by atoms with van der Waals surface area (Å²) in [6, 6.07) is 2.02. The third-order valence-electron chi connectivity index (χ3n) is 2.63. The molecule has 0 spiro atoms. The number of nitrogens with one attached hydrogen (secondary N) is 1. The Hall–Kier alpha value is -2.22. The molecule has 0 fully saturated rings. The summed E-state index contributed by atoms with van der Waals surface area (Å²) in [5.41, 5.74) is -0.472. The highest BCUT2D eigenvalue weighted by atomic mass is 19.1. The first kappa shape index (κ1) is 15.8. The van der Waals surface area contributed by atoms with Crippen LogP contribution in [0.1, 0.15) is 12.8 Å². The molecular formula is C12H15FN2O5. The fraction of sp³-hybridized carbons (Fsp3) is 0.417. The number of non-ortho nitro benzene ring substituents is 1. The van der Waals surface area contributed by atoms with Crippen molar-refractivity contribution < 1.29 is 24.0 Å². The maximum absolute atomic E-state index is 13.6. The van der Waals surface area contributed by atoms with E-state index in [0.29, 0.717) is 13.0 Å². The van der Waals surface area contributed by atoms with E-state index in [4.69, 9.17) is 9.84 Å². The van der Waals surface area contributed by atoms with Crippen LogP contribution in [-0.2, 0) is 9.53 Å². The molecule has 0 radical (unpaired) electrons. The number of carboxylic acids is 1. The van der Waals surface area contributed by atoms with Gasteiger partial charge in [-0.15, -0.1) is 0 Å². The molecule has 0 saturated carbocycles. The van der Waals surface area contributed by atoms with Gasteiger partial charge in [-0.1, -0.05) is 0 Å². The molecular weight excluding hydrogens is 271 g/mol. The summed E-state index contributed by atoms with van der Waals surface area (Å²) >= 11 is 0. The molecule has 20 heavy (non-hydrogen) atoms. The van der Waals surface area contributed by atoms with Crippen LogP contribution in [0.5, 0.6) is 0 Å². The standard InChI is InChI=1S/C12H15FN2O5/c1-20-6-2-3-11(12(16)17)14-10-5-4-8(15(18)19)7-9(10)13/h4-5,7,11,14H,2-3,6H2,1H3,(H,16,17). The third kappa shape index (κ3) is 4.47. The lowest BCUT2D eigenvalue weighted by Gasteiger charge is -2.15. The number of anilines is 1. The van der Waals surface area contributed by atoms with Crippen LogP contribution in [0.15, 0.2) is 18.2 Å². The summed E-state index contributed by atoms with van der Waals surface area (Å²) < 4.78 is 18.5. The zero-order valence-electron chi connectivity index (χ0n) is 10.8. The van der Waals surface area contributed by atoms with Crippen LogP contribution in [-0.4, -0.2) is 35.8 Å². The number of ether oxygens (including phenoxy) is 1. The normalized spacial score (nSPS) is 11.9. The monoisotopic (exact) mass is 286 g/mol. The lowest BCUT2D eigenvalue weighted by atomic mass is 10.1. The van der Waals surface area contributed by atoms with Crippen molar-refractivity contribution in [3.05, 3.63) is 34.1 Å². The first-order chi connectivity index (χ1) is 9.45. The van der Waals surface area contributed by atoms with Gasteiger partial charge in [0.25, 0.3) is 5.69 Å². The number of benzene rings is 1. The molecule has 110 valence electrons. The van der Waals surface area contributed by atoms with Crippen molar-refractivity contribution in [1.29, 1.82) is 0 Å². The number of carbonyl (C=O) groups is 1. The highest BCUT2D eigenvalue weighted by Gasteiger charge is 2.19. The Bertz CT molecular complexity index is 495. The number of hydrogen-bond acceptors (Lipinski definition) is 5. The van der Waals surface area contributed by atoms with Crippen LogP contribution in [0.3, 0.4) is 0 Å². The Kier molecular flexibility index (Phi) is 5.85. The van der Waals surface area contributed by atoms with Gasteiger partial charge in [0.1, 0.15) is 6.04 Å². The summed E-state index contributed by atoms with van der Waals surface area (Å²) in [5.74, 6) is -1.99. The van der Waals surface area contributed by atoms with Crippen molar-refractivity contribution in [1.82, 2.24) is 0 Å². The molecule has 1 aromatic rings. The minimum absolute atomic E-state index is 0.0829. The van der Waals surface area contributed by atoms with Gasteiger partial charge in [-0.25, -0.2) is 9.18 Å². The number of methoxy groups -OCH3 is 1. The molecule has 0 bridgehead atoms. The minimum atomic E-state index is -1.13. The lowest BCUT2D eigenvalue weighted by Crippen LogP contribution is -2.29. The molecule has 1 rings (SSSR count). The molecule has 1 atom stereocenters. The van der Waals surface area contributed by atoms with Crippen LogP contribution < -0.4 is 5.32 Å². The summed E-state index contributed by atoms with van der Waals surface area (Å²) in [4.78, 5) is 20.8. The van der Waals surface area contributed by atoms with E-state index in [1.807, 2.05) is 0 Å². The summed E-state index contributed by atoms with van der Waals surface area (Å²) in [6.45, 7) is 0.397. The quantitative estimate of drug-likeness (QED) is 0.430. The van der Waals surface area contributed by atoms with Gasteiger partial charge in [0.15, 0.2) is 5.82 Å². The van der Waals surface area contributed by atoms with E-state index in [9.17, 15) is 19.3 Å². The maximum Gasteiger partial charge on any atom is 0.326 e. The number of nitrogens with zero attached hydrogens (tertiary/aromatic N) is 1. The average Bonchev–Trinajstić information content (AvgIpc) is 2.39. The first-order valence-electron chi connectivity index (χ1n) is 5.88. The van der Waals surface area contributed by atoms with Gasteiger partial charge >= 0.3 is 5.97 Å². The van der Waals surface area contributed by atoms with Gasteiger partial charge in [-0.2, -0.15) is 0 Å². The van der Waals surface area contributed by atoms with Crippen molar-refractivity contribution in [3.8, 4) is 0 Å². The molecule has 0 aliphatic carbocycles. The molecule has 8 heteroatoms. The van der Waals surface area contributed by atoms with Gasteiger partial charge in [0.2, 0.25) is 0 Å². The molecule has 0 aliphatic heterocycles. The van der Waals surface area contributed by atoms with Crippen molar-refractivity contribution in [2.24, 2.45) is 0 Å².